The van der Waals surface area contributed by atoms with Crippen LogP contribution in [0, 0.1) is 5.82 Å². The second-order valence-electron chi connectivity index (χ2n) is 2.46. The molecule has 0 radical (unpaired) electrons. The number of alkyl halides is 3. The molecule has 0 aliphatic carbocycles. The van der Waals surface area contributed by atoms with Crippen molar-refractivity contribution in [1.29, 1.82) is 0 Å². The Morgan fingerprint density at radius 2 is 1.92 bits per heavy atom. The molecule has 0 aromatic carbocycles. The fourth-order valence-electron chi connectivity index (χ4n) is 0.787. The lowest BCUT2D eigenvalue weighted by Crippen LogP contribution is -2.28. The molecule has 0 aliphatic heterocycles. The van der Waals surface area contributed by atoms with Gasteiger partial charge in [0.1, 0.15) is 11.9 Å². The maximum absolute atomic E-state index is 12.4. The van der Waals surface area contributed by atoms with Crippen molar-refractivity contribution in [3.05, 3.63) is 29.8 Å². The Bertz CT molecular complexity index is 297. The van der Waals surface area contributed by atoms with Gasteiger partial charge in [-0.1, -0.05) is 0 Å². The van der Waals surface area contributed by atoms with Crippen molar-refractivity contribution in [2.24, 2.45) is 5.73 Å². The first-order valence-corrected chi connectivity index (χ1v) is 3.34. The molecule has 1 rings (SSSR count). The number of rotatable bonds is 1. The molecule has 2 nitrogen and oxygen atoms in total. The molecule has 1 aromatic heterocycles. The molecule has 0 fully saturated rings. The van der Waals surface area contributed by atoms with Crippen LogP contribution in [0.1, 0.15) is 11.6 Å². The van der Waals surface area contributed by atoms with Gasteiger partial charge >= 0.3 is 6.18 Å². The van der Waals surface area contributed by atoms with Crippen molar-refractivity contribution in [2.45, 2.75) is 12.2 Å². The summed E-state index contributed by atoms with van der Waals surface area (Å²) in [7, 11) is 0. The molecule has 0 aliphatic rings. The first kappa shape index (κ1) is 9.91. The smallest absolute Gasteiger partial charge is 0.316 e. The van der Waals surface area contributed by atoms with E-state index in [1.54, 1.807) is 0 Å². The summed E-state index contributed by atoms with van der Waals surface area (Å²) in [6.45, 7) is 0. The van der Waals surface area contributed by atoms with E-state index in [2.05, 4.69) is 4.98 Å². The van der Waals surface area contributed by atoms with Crippen LogP contribution < -0.4 is 5.73 Å². The third-order valence-corrected chi connectivity index (χ3v) is 1.44. The van der Waals surface area contributed by atoms with Gasteiger partial charge in [-0.25, -0.2) is 4.39 Å². The minimum absolute atomic E-state index is 0.382. The molecule has 6 heteroatoms. The first-order chi connectivity index (χ1) is 5.91. The number of hydrogen-bond acceptors (Lipinski definition) is 2. The molecule has 1 atom stereocenters. The summed E-state index contributed by atoms with van der Waals surface area (Å²) in [4.78, 5) is 3.26. The number of aromatic nitrogens is 1. The zero-order chi connectivity index (χ0) is 10.1. The van der Waals surface area contributed by atoms with Gasteiger partial charge in [0.15, 0.2) is 0 Å². The number of nitrogens with zero attached hydrogens (tertiary/aromatic N) is 1. The monoisotopic (exact) mass is 194 g/mol. The lowest BCUT2D eigenvalue weighted by Gasteiger charge is -2.14. The molecular formula is C7H6F4N2. The Kier molecular flexibility index (Phi) is 2.51. The average Bonchev–Trinajstić information content (AvgIpc) is 2.01. The third kappa shape index (κ3) is 2.38. The Hall–Kier alpha value is -1.17. The summed E-state index contributed by atoms with van der Waals surface area (Å²) < 4.78 is 48.4. The summed E-state index contributed by atoms with van der Waals surface area (Å²) in [6, 6.07) is -1.47. The number of nitrogens with two attached hydrogens (primary N) is 1. The third-order valence-electron chi connectivity index (χ3n) is 1.44. The molecule has 0 spiro atoms. The summed E-state index contributed by atoms with van der Waals surface area (Å²) >= 11 is 0. The van der Waals surface area contributed by atoms with Crippen LogP contribution in [0.25, 0.3) is 0 Å². The molecule has 0 amide bonds. The Labute approximate surface area is 71.4 Å². The number of hydrogen-bond donors (Lipinski definition) is 1. The van der Waals surface area contributed by atoms with Crippen molar-refractivity contribution < 1.29 is 17.6 Å². The highest BCUT2D eigenvalue weighted by atomic mass is 19.4. The van der Waals surface area contributed by atoms with Crippen molar-refractivity contribution in [1.82, 2.24) is 4.98 Å². The summed E-state index contributed by atoms with van der Waals surface area (Å²) in [5.41, 5.74) is 4.43. The Balaban J connectivity index is 2.96. The van der Waals surface area contributed by atoms with E-state index in [0.717, 1.165) is 12.4 Å². The molecule has 0 bridgehead atoms. The van der Waals surface area contributed by atoms with Crippen molar-refractivity contribution in [3.63, 3.8) is 0 Å². The van der Waals surface area contributed by atoms with Gasteiger partial charge in [-0.05, 0) is 11.6 Å². The van der Waals surface area contributed by atoms with Crippen LogP contribution >= 0.6 is 0 Å². The lowest BCUT2D eigenvalue weighted by atomic mass is 10.1. The van der Waals surface area contributed by atoms with Crippen molar-refractivity contribution in [3.8, 4) is 0 Å². The van der Waals surface area contributed by atoms with Crippen LogP contribution in [0.3, 0.4) is 0 Å². The van der Waals surface area contributed by atoms with E-state index in [4.69, 9.17) is 5.73 Å². The van der Waals surface area contributed by atoms with Crippen LogP contribution in [0.15, 0.2) is 18.5 Å². The molecule has 13 heavy (non-hydrogen) atoms. The minimum Gasteiger partial charge on any atom is -0.316 e. The standard InChI is InChI=1S/C7H6F4N2/c8-5-1-4(2-13-3-5)6(12)7(9,10)11/h1-3,6H,12H2/t6-/m0/s1. The maximum atomic E-state index is 12.4. The summed E-state index contributed by atoms with van der Waals surface area (Å²) in [6.07, 6.45) is -2.87. The van der Waals surface area contributed by atoms with Crippen LogP contribution in [-0.2, 0) is 0 Å². The normalized spacial score (nSPS) is 14.2. The van der Waals surface area contributed by atoms with Crippen LogP contribution in [0.2, 0.25) is 0 Å². The van der Waals surface area contributed by atoms with Crippen LogP contribution in [-0.4, -0.2) is 11.2 Å². The van der Waals surface area contributed by atoms with Gasteiger partial charge in [0.25, 0.3) is 0 Å². The topological polar surface area (TPSA) is 38.9 Å². The zero-order valence-electron chi connectivity index (χ0n) is 6.35. The molecule has 2 N–H and O–H groups in total. The van der Waals surface area contributed by atoms with E-state index in [9.17, 15) is 17.6 Å². The first-order valence-electron chi connectivity index (χ1n) is 3.34. The lowest BCUT2D eigenvalue weighted by molar-refractivity contribution is -0.149. The van der Waals surface area contributed by atoms with Gasteiger partial charge in [0.05, 0.1) is 6.20 Å². The Morgan fingerprint density at radius 1 is 1.31 bits per heavy atom. The predicted molar refractivity (Wildman–Crippen MR) is 37.2 cm³/mol. The van der Waals surface area contributed by atoms with Gasteiger partial charge in [-0.2, -0.15) is 13.2 Å². The Morgan fingerprint density at radius 3 is 2.38 bits per heavy atom. The van der Waals surface area contributed by atoms with Crippen molar-refractivity contribution in [2.75, 3.05) is 0 Å². The molecule has 0 saturated heterocycles. The highest BCUT2D eigenvalue weighted by molar-refractivity contribution is 5.16. The molecule has 1 heterocycles. The van der Waals surface area contributed by atoms with E-state index in [1.165, 1.54) is 0 Å². The molecule has 0 unspecified atom stereocenters. The predicted octanol–water partition coefficient (Wildman–Crippen LogP) is 1.78. The maximum Gasteiger partial charge on any atom is 0.407 e. The van der Waals surface area contributed by atoms with E-state index in [1.807, 2.05) is 0 Å². The van der Waals surface area contributed by atoms with E-state index >= 15 is 0 Å². The average molecular weight is 194 g/mol. The van der Waals surface area contributed by atoms with Gasteiger partial charge in [0, 0.05) is 6.20 Å². The van der Waals surface area contributed by atoms with Gasteiger partial charge in [-0.15, -0.1) is 0 Å². The molecule has 0 saturated carbocycles. The molecular weight excluding hydrogens is 188 g/mol. The van der Waals surface area contributed by atoms with Crippen LogP contribution in [0.4, 0.5) is 17.6 Å². The fourth-order valence-corrected chi connectivity index (χ4v) is 0.787. The minimum atomic E-state index is -4.57. The largest absolute Gasteiger partial charge is 0.407 e. The second-order valence-corrected chi connectivity index (χ2v) is 2.46. The van der Waals surface area contributed by atoms with E-state index in [0.29, 0.717) is 6.07 Å². The van der Waals surface area contributed by atoms with Gasteiger partial charge in [0.2, 0.25) is 0 Å². The SMILES string of the molecule is N[C@@H](c1cncc(F)c1)C(F)(F)F. The highest BCUT2D eigenvalue weighted by Crippen LogP contribution is 2.29. The van der Waals surface area contributed by atoms with Gasteiger partial charge < -0.3 is 5.73 Å². The molecule has 1 aromatic rings. The zero-order valence-corrected chi connectivity index (χ0v) is 6.35. The van der Waals surface area contributed by atoms with Gasteiger partial charge in [-0.3, -0.25) is 4.98 Å². The fraction of sp³-hybridized carbons (Fsp3) is 0.286. The van der Waals surface area contributed by atoms with Crippen molar-refractivity contribution >= 4 is 0 Å². The number of halogens is 4. The highest BCUT2D eigenvalue weighted by Gasteiger charge is 2.38. The summed E-state index contributed by atoms with van der Waals surface area (Å²) in [5.74, 6) is -0.836. The summed E-state index contributed by atoms with van der Waals surface area (Å²) in [5, 5.41) is 0. The molecule has 72 valence electrons. The quantitative estimate of drug-likeness (QED) is 0.692. The van der Waals surface area contributed by atoms with E-state index < -0.39 is 18.0 Å². The second kappa shape index (κ2) is 3.29. The van der Waals surface area contributed by atoms with E-state index in [-0.39, 0.29) is 5.56 Å². The number of pyridine rings is 1. The van der Waals surface area contributed by atoms with Crippen LogP contribution in [0.5, 0.6) is 0 Å².